The van der Waals surface area contributed by atoms with Crippen molar-refractivity contribution in [1.29, 1.82) is 0 Å². The van der Waals surface area contributed by atoms with Gasteiger partial charge in [-0.3, -0.25) is 4.79 Å². The first-order valence-corrected chi connectivity index (χ1v) is 7.80. The highest BCUT2D eigenvalue weighted by Gasteiger charge is 2.43. The van der Waals surface area contributed by atoms with Gasteiger partial charge >= 0.3 is 0 Å². The molecule has 0 aromatic heterocycles. The quantitative estimate of drug-likeness (QED) is 0.806. The standard InChI is InChI=1S/C15H26N2O/c1-10(11-5-3-2-4-6-11)16-15(18)13-9-12-7-8-14(13)17-12/h10-14,17H,2-9H2,1H3,(H,16,18)/t10-,12?,13?,14?/m0/s1. The maximum Gasteiger partial charge on any atom is 0.224 e. The van der Waals surface area contributed by atoms with E-state index in [1.165, 1.54) is 44.9 Å². The summed E-state index contributed by atoms with van der Waals surface area (Å²) in [5.74, 6) is 1.27. The van der Waals surface area contributed by atoms with E-state index >= 15 is 0 Å². The second-order valence-electron chi connectivity index (χ2n) is 6.58. The van der Waals surface area contributed by atoms with Gasteiger partial charge in [-0.15, -0.1) is 0 Å². The fourth-order valence-electron chi connectivity index (χ4n) is 4.20. The second-order valence-corrected chi connectivity index (χ2v) is 6.58. The highest BCUT2D eigenvalue weighted by atomic mass is 16.2. The SMILES string of the molecule is C[C@H](NC(=O)C1CC2CCC1N2)C1CCCCC1. The lowest BCUT2D eigenvalue weighted by atomic mass is 9.83. The van der Waals surface area contributed by atoms with Gasteiger partial charge in [-0.1, -0.05) is 19.3 Å². The van der Waals surface area contributed by atoms with Gasteiger partial charge in [-0.05, 0) is 44.9 Å². The number of fused-ring (bicyclic) bond motifs is 2. The van der Waals surface area contributed by atoms with Crippen molar-refractivity contribution in [3.8, 4) is 0 Å². The van der Waals surface area contributed by atoms with E-state index in [0.29, 0.717) is 30.0 Å². The van der Waals surface area contributed by atoms with Crippen molar-refractivity contribution >= 4 is 5.91 Å². The maximum atomic E-state index is 12.3. The molecule has 1 aliphatic carbocycles. The number of rotatable bonds is 3. The Balaban J connectivity index is 1.51. The molecular weight excluding hydrogens is 224 g/mol. The van der Waals surface area contributed by atoms with Crippen LogP contribution in [0.15, 0.2) is 0 Å². The van der Waals surface area contributed by atoms with E-state index in [0.717, 1.165) is 6.42 Å². The van der Waals surface area contributed by atoms with Crippen LogP contribution in [0.2, 0.25) is 0 Å². The van der Waals surface area contributed by atoms with Crippen LogP contribution in [0, 0.1) is 11.8 Å². The molecule has 0 aromatic rings. The van der Waals surface area contributed by atoms with Crippen LogP contribution < -0.4 is 10.6 Å². The average molecular weight is 250 g/mol. The molecule has 2 bridgehead atoms. The van der Waals surface area contributed by atoms with Crippen molar-refractivity contribution in [2.45, 2.75) is 76.4 Å². The van der Waals surface area contributed by atoms with Gasteiger partial charge in [0.2, 0.25) is 5.91 Å². The Hall–Kier alpha value is -0.570. The molecule has 2 saturated heterocycles. The Kier molecular flexibility index (Phi) is 3.60. The summed E-state index contributed by atoms with van der Waals surface area (Å²) < 4.78 is 0. The molecule has 3 aliphatic rings. The number of hydrogen-bond donors (Lipinski definition) is 2. The molecule has 0 spiro atoms. The number of hydrogen-bond acceptors (Lipinski definition) is 2. The fraction of sp³-hybridized carbons (Fsp3) is 0.933. The average Bonchev–Trinajstić information content (AvgIpc) is 3.02. The van der Waals surface area contributed by atoms with Gasteiger partial charge in [-0.2, -0.15) is 0 Å². The third-order valence-electron chi connectivity index (χ3n) is 5.36. The molecule has 3 rings (SSSR count). The summed E-state index contributed by atoms with van der Waals surface area (Å²) in [6.07, 6.45) is 10.2. The van der Waals surface area contributed by atoms with Crippen LogP contribution in [0.5, 0.6) is 0 Å². The van der Waals surface area contributed by atoms with Gasteiger partial charge in [0.1, 0.15) is 0 Å². The third kappa shape index (κ3) is 2.42. The summed E-state index contributed by atoms with van der Waals surface area (Å²) in [4.78, 5) is 12.3. The molecule has 18 heavy (non-hydrogen) atoms. The van der Waals surface area contributed by atoms with Gasteiger partial charge in [0.15, 0.2) is 0 Å². The van der Waals surface area contributed by atoms with Crippen LogP contribution in [-0.2, 0) is 4.79 Å². The Morgan fingerprint density at radius 2 is 1.94 bits per heavy atom. The van der Waals surface area contributed by atoms with E-state index in [4.69, 9.17) is 0 Å². The largest absolute Gasteiger partial charge is 0.353 e. The molecule has 0 radical (unpaired) electrons. The van der Waals surface area contributed by atoms with Gasteiger partial charge in [-0.25, -0.2) is 0 Å². The van der Waals surface area contributed by atoms with Crippen LogP contribution in [0.3, 0.4) is 0 Å². The summed E-state index contributed by atoms with van der Waals surface area (Å²) in [5.41, 5.74) is 0. The zero-order valence-corrected chi connectivity index (χ0v) is 11.5. The lowest BCUT2D eigenvalue weighted by Gasteiger charge is -2.30. The van der Waals surface area contributed by atoms with Crippen molar-refractivity contribution in [1.82, 2.24) is 10.6 Å². The highest BCUT2D eigenvalue weighted by Crippen LogP contribution is 2.34. The third-order valence-corrected chi connectivity index (χ3v) is 5.36. The van der Waals surface area contributed by atoms with Crippen molar-refractivity contribution in [3.63, 3.8) is 0 Å². The number of nitrogens with one attached hydrogen (secondary N) is 2. The van der Waals surface area contributed by atoms with E-state index in [9.17, 15) is 4.79 Å². The molecule has 3 unspecified atom stereocenters. The number of carbonyl (C=O) groups is 1. The minimum atomic E-state index is 0.245. The first kappa shape index (κ1) is 12.5. The molecule has 102 valence electrons. The van der Waals surface area contributed by atoms with Gasteiger partial charge in [0.05, 0.1) is 5.92 Å². The van der Waals surface area contributed by atoms with Gasteiger partial charge < -0.3 is 10.6 Å². The lowest BCUT2D eigenvalue weighted by Crippen LogP contribution is -2.44. The highest BCUT2D eigenvalue weighted by molar-refractivity contribution is 5.80. The van der Waals surface area contributed by atoms with Crippen molar-refractivity contribution in [3.05, 3.63) is 0 Å². The van der Waals surface area contributed by atoms with Crippen LogP contribution in [-0.4, -0.2) is 24.0 Å². The van der Waals surface area contributed by atoms with E-state index < -0.39 is 0 Å². The predicted octanol–water partition coefficient (Wildman–Crippen LogP) is 2.21. The molecule has 4 atom stereocenters. The monoisotopic (exact) mass is 250 g/mol. The minimum absolute atomic E-state index is 0.245. The van der Waals surface area contributed by atoms with Gasteiger partial charge in [0, 0.05) is 18.1 Å². The topological polar surface area (TPSA) is 41.1 Å². The van der Waals surface area contributed by atoms with Gasteiger partial charge in [0.25, 0.3) is 0 Å². The molecule has 1 amide bonds. The van der Waals surface area contributed by atoms with E-state index in [2.05, 4.69) is 17.6 Å². The lowest BCUT2D eigenvalue weighted by molar-refractivity contribution is -0.126. The van der Waals surface area contributed by atoms with Crippen LogP contribution in [0.1, 0.15) is 58.3 Å². The maximum absolute atomic E-state index is 12.3. The Morgan fingerprint density at radius 3 is 2.56 bits per heavy atom. The summed E-state index contributed by atoms with van der Waals surface area (Å²) in [7, 11) is 0. The van der Waals surface area contributed by atoms with Crippen molar-refractivity contribution in [2.75, 3.05) is 0 Å². The smallest absolute Gasteiger partial charge is 0.224 e. The van der Waals surface area contributed by atoms with Crippen molar-refractivity contribution in [2.24, 2.45) is 11.8 Å². The molecule has 3 fully saturated rings. The van der Waals surface area contributed by atoms with Crippen LogP contribution >= 0.6 is 0 Å². The van der Waals surface area contributed by atoms with E-state index in [-0.39, 0.29) is 5.92 Å². The number of amides is 1. The normalized spacial score (nSPS) is 37.7. The van der Waals surface area contributed by atoms with Crippen molar-refractivity contribution < 1.29 is 4.79 Å². The molecule has 1 saturated carbocycles. The molecular formula is C15H26N2O. The second kappa shape index (κ2) is 5.20. The van der Waals surface area contributed by atoms with Crippen LogP contribution in [0.25, 0.3) is 0 Å². The molecule has 3 nitrogen and oxygen atoms in total. The minimum Gasteiger partial charge on any atom is -0.353 e. The summed E-state index contributed by atoms with van der Waals surface area (Å²) >= 11 is 0. The first-order valence-electron chi connectivity index (χ1n) is 7.80. The zero-order chi connectivity index (χ0) is 12.5. The molecule has 0 aromatic carbocycles. The van der Waals surface area contributed by atoms with E-state index in [1.54, 1.807) is 0 Å². The Labute approximate surface area is 110 Å². The summed E-state index contributed by atoms with van der Waals surface area (Å²) in [6, 6.07) is 1.46. The molecule has 3 heteroatoms. The van der Waals surface area contributed by atoms with E-state index in [1.807, 2.05) is 0 Å². The predicted molar refractivity (Wildman–Crippen MR) is 72.2 cm³/mol. The first-order chi connectivity index (χ1) is 8.74. The molecule has 2 heterocycles. The fourth-order valence-corrected chi connectivity index (χ4v) is 4.20. The summed E-state index contributed by atoms with van der Waals surface area (Å²) in [6.45, 7) is 2.20. The molecule has 2 aliphatic heterocycles. The Morgan fingerprint density at radius 1 is 1.17 bits per heavy atom. The number of carbonyl (C=O) groups excluding carboxylic acids is 1. The summed E-state index contributed by atoms with van der Waals surface area (Å²) in [5, 5.41) is 6.85. The van der Waals surface area contributed by atoms with Crippen LogP contribution in [0.4, 0.5) is 0 Å². The Bertz CT molecular complexity index is 312. The zero-order valence-electron chi connectivity index (χ0n) is 11.5. The molecule has 2 N–H and O–H groups in total.